The van der Waals surface area contributed by atoms with Crippen molar-refractivity contribution in [3.05, 3.63) is 28.5 Å². The molecule has 0 aliphatic carbocycles. The number of ether oxygens (including phenoxy) is 1. The number of methoxy groups -OCH3 is 1. The summed E-state index contributed by atoms with van der Waals surface area (Å²) in [4.78, 5) is 4.03. The number of rotatable bonds is 2. The van der Waals surface area contributed by atoms with Crippen molar-refractivity contribution in [2.45, 2.75) is 13.5 Å². The molecule has 0 saturated heterocycles. The van der Waals surface area contributed by atoms with Crippen LogP contribution in [0.5, 0.6) is 0 Å². The lowest BCUT2D eigenvalue weighted by atomic mass is 10.2. The molecular weight excluding hydrogens is 162 g/mol. The van der Waals surface area contributed by atoms with Gasteiger partial charge in [-0.25, -0.2) is 4.98 Å². The Bertz CT molecular complexity index is 230. The fourth-order valence-corrected chi connectivity index (χ4v) is 1.22. The summed E-state index contributed by atoms with van der Waals surface area (Å²) >= 11 is 5.72. The molecule has 0 atom stereocenters. The Morgan fingerprint density at radius 1 is 1.55 bits per heavy atom. The summed E-state index contributed by atoms with van der Waals surface area (Å²) in [5.74, 6) is 0. The van der Waals surface area contributed by atoms with E-state index < -0.39 is 0 Å². The van der Waals surface area contributed by atoms with Crippen LogP contribution in [-0.2, 0) is 11.3 Å². The molecular formula is C8H10ClNO. The van der Waals surface area contributed by atoms with Gasteiger partial charge >= 0.3 is 0 Å². The summed E-state index contributed by atoms with van der Waals surface area (Å²) in [5, 5.41) is 0.525. The lowest BCUT2D eigenvalue weighted by Crippen LogP contribution is -1.90. The molecule has 1 aromatic heterocycles. The molecule has 0 fully saturated rings. The van der Waals surface area contributed by atoms with Crippen LogP contribution in [0.25, 0.3) is 0 Å². The molecule has 0 aromatic carbocycles. The summed E-state index contributed by atoms with van der Waals surface area (Å²) in [6.07, 6.45) is 0. The number of pyridine rings is 1. The van der Waals surface area contributed by atoms with Crippen molar-refractivity contribution in [3.63, 3.8) is 0 Å². The van der Waals surface area contributed by atoms with Gasteiger partial charge in [-0.1, -0.05) is 11.6 Å². The third-order valence-corrected chi connectivity index (χ3v) is 1.49. The van der Waals surface area contributed by atoms with Gasteiger partial charge in [0.2, 0.25) is 0 Å². The second-order valence-corrected chi connectivity index (χ2v) is 2.76. The number of halogens is 1. The van der Waals surface area contributed by atoms with Crippen LogP contribution in [0.2, 0.25) is 5.15 Å². The Labute approximate surface area is 71.2 Å². The maximum Gasteiger partial charge on any atom is 0.129 e. The maximum atomic E-state index is 5.72. The number of aryl methyl sites for hydroxylation is 1. The highest BCUT2D eigenvalue weighted by atomic mass is 35.5. The van der Waals surface area contributed by atoms with Crippen molar-refractivity contribution >= 4 is 11.6 Å². The van der Waals surface area contributed by atoms with Gasteiger partial charge in [-0.05, 0) is 24.6 Å². The third kappa shape index (κ3) is 2.48. The fourth-order valence-electron chi connectivity index (χ4n) is 0.946. The molecule has 0 radical (unpaired) electrons. The SMILES string of the molecule is COCc1cc(C)nc(Cl)c1. The smallest absolute Gasteiger partial charge is 0.129 e. The largest absolute Gasteiger partial charge is 0.380 e. The molecule has 0 aliphatic heterocycles. The van der Waals surface area contributed by atoms with Crippen LogP contribution in [0.1, 0.15) is 11.3 Å². The Balaban J connectivity index is 2.89. The van der Waals surface area contributed by atoms with Crippen molar-refractivity contribution in [1.82, 2.24) is 4.98 Å². The lowest BCUT2D eigenvalue weighted by molar-refractivity contribution is 0.185. The first kappa shape index (κ1) is 8.50. The van der Waals surface area contributed by atoms with Gasteiger partial charge in [0.05, 0.1) is 6.61 Å². The molecule has 60 valence electrons. The van der Waals surface area contributed by atoms with Gasteiger partial charge in [-0.15, -0.1) is 0 Å². The molecule has 0 unspecified atom stereocenters. The first-order chi connectivity index (χ1) is 5.22. The topological polar surface area (TPSA) is 22.1 Å². The van der Waals surface area contributed by atoms with Gasteiger partial charge in [-0.3, -0.25) is 0 Å². The minimum atomic E-state index is 0.525. The lowest BCUT2D eigenvalue weighted by Gasteiger charge is -2.00. The molecule has 0 bridgehead atoms. The van der Waals surface area contributed by atoms with Crippen molar-refractivity contribution in [3.8, 4) is 0 Å². The first-order valence-electron chi connectivity index (χ1n) is 3.34. The van der Waals surface area contributed by atoms with E-state index in [0.29, 0.717) is 11.8 Å². The van der Waals surface area contributed by atoms with Crippen LogP contribution < -0.4 is 0 Å². The molecule has 0 aliphatic rings. The van der Waals surface area contributed by atoms with Crippen molar-refractivity contribution in [2.75, 3.05) is 7.11 Å². The minimum absolute atomic E-state index is 0.525. The average Bonchev–Trinajstić information content (AvgIpc) is 1.85. The summed E-state index contributed by atoms with van der Waals surface area (Å²) in [6, 6.07) is 3.76. The number of nitrogens with zero attached hydrogens (tertiary/aromatic N) is 1. The van der Waals surface area contributed by atoms with Crippen molar-refractivity contribution in [2.24, 2.45) is 0 Å². The zero-order valence-electron chi connectivity index (χ0n) is 6.60. The predicted octanol–water partition coefficient (Wildman–Crippen LogP) is 2.19. The summed E-state index contributed by atoms with van der Waals surface area (Å²) in [5.41, 5.74) is 1.98. The third-order valence-electron chi connectivity index (χ3n) is 1.29. The summed E-state index contributed by atoms with van der Waals surface area (Å²) in [7, 11) is 1.66. The second kappa shape index (κ2) is 3.69. The Morgan fingerprint density at radius 3 is 2.82 bits per heavy atom. The standard InChI is InChI=1S/C8H10ClNO/c1-6-3-7(5-11-2)4-8(9)10-6/h3-4H,5H2,1-2H3. The van der Waals surface area contributed by atoms with Crippen molar-refractivity contribution < 1.29 is 4.74 Å². The van der Waals surface area contributed by atoms with E-state index in [9.17, 15) is 0 Å². The van der Waals surface area contributed by atoms with Gasteiger partial charge in [0.1, 0.15) is 5.15 Å². The van der Waals surface area contributed by atoms with E-state index in [2.05, 4.69) is 4.98 Å². The normalized spacial score (nSPS) is 10.1. The van der Waals surface area contributed by atoms with Gasteiger partial charge in [0, 0.05) is 12.8 Å². The van der Waals surface area contributed by atoms with E-state index in [-0.39, 0.29) is 0 Å². The van der Waals surface area contributed by atoms with Crippen LogP contribution in [-0.4, -0.2) is 12.1 Å². The molecule has 2 nitrogen and oxygen atoms in total. The highest BCUT2D eigenvalue weighted by Gasteiger charge is 1.96. The minimum Gasteiger partial charge on any atom is -0.380 e. The van der Waals surface area contributed by atoms with Crippen LogP contribution in [0.4, 0.5) is 0 Å². The Hall–Kier alpha value is -0.600. The molecule has 0 amide bonds. The molecule has 1 rings (SSSR count). The van der Waals surface area contributed by atoms with E-state index >= 15 is 0 Å². The summed E-state index contributed by atoms with van der Waals surface area (Å²) < 4.78 is 4.95. The highest BCUT2D eigenvalue weighted by Crippen LogP contribution is 2.10. The predicted molar refractivity (Wildman–Crippen MR) is 44.7 cm³/mol. The zero-order chi connectivity index (χ0) is 8.27. The van der Waals surface area contributed by atoms with Crippen molar-refractivity contribution in [1.29, 1.82) is 0 Å². The molecule has 0 N–H and O–H groups in total. The Kier molecular flexibility index (Phi) is 2.85. The molecule has 0 saturated carbocycles. The maximum absolute atomic E-state index is 5.72. The van der Waals surface area contributed by atoms with E-state index in [4.69, 9.17) is 16.3 Å². The van der Waals surface area contributed by atoms with E-state index in [1.807, 2.05) is 13.0 Å². The van der Waals surface area contributed by atoms with E-state index in [0.717, 1.165) is 11.3 Å². The first-order valence-corrected chi connectivity index (χ1v) is 3.72. The van der Waals surface area contributed by atoms with E-state index in [1.165, 1.54) is 0 Å². The second-order valence-electron chi connectivity index (χ2n) is 2.37. The van der Waals surface area contributed by atoms with Gasteiger partial charge in [-0.2, -0.15) is 0 Å². The van der Waals surface area contributed by atoms with Crippen LogP contribution in [0, 0.1) is 6.92 Å². The van der Waals surface area contributed by atoms with Gasteiger partial charge in [0.25, 0.3) is 0 Å². The summed E-state index contributed by atoms with van der Waals surface area (Å²) in [6.45, 7) is 2.49. The van der Waals surface area contributed by atoms with Gasteiger partial charge < -0.3 is 4.74 Å². The highest BCUT2D eigenvalue weighted by molar-refractivity contribution is 6.29. The van der Waals surface area contributed by atoms with Gasteiger partial charge in [0.15, 0.2) is 0 Å². The molecule has 3 heteroatoms. The molecule has 11 heavy (non-hydrogen) atoms. The molecule has 0 spiro atoms. The number of hydrogen-bond acceptors (Lipinski definition) is 2. The molecule has 1 aromatic rings. The zero-order valence-corrected chi connectivity index (χ0v) is 7.35. The number of aromatic nitrogens is 1. The Morgan fingerprint density at radius 2 is 2.27 bits per heavy atom. The molecule has 1 heterocycles. The van der Waals surface area contributed by atoms with Crippen LogP contribution >= 0.6 is 11.6 Å². The van der Waals surface area contributed by atoms with E-state index in [1.54, 1.807) is 13.2 Å². The van der Waals surface area contributed by atoms with Crippen LogP contribution in [0.15, 0.2) is 12.1 Å². The average molecular weight is 172 g/mol. The monoisotopic (exact) mass is 171 g/mol. The number of hydrogen-bond donors (Lipinski definition) is 0. The van der Waals surface area contributed by atoms with Crippen LogP contribution in [0.3, 0.4) is 0 Å². The quantitative estimate of drug-likeness (QED) is 0.637. The fraction of sp³-hybridized carbons (Fsp3) is 0.375.